The van der Waals surface area contributed by atoms with E-state index >= 15 is 0 Å². The van der Waals surface area contributed by atoms with Crippen molar-refractivity contribution in [2.24, 2.45) is 5.92 Å². The topological polar surface area (TPSA) is 164 Å². The second-order valence-electron chi connectivity index (χ2n) is 12.6. The van der Waals surface area contributed by atoms with Crippen molar-refractivity contribution in [2.75, 3.05) is 43.4 Å². The molecule has 0 fully saturated rings. The maximum absolute atomic E-state index is 14.4. The first-order valence-corrected chi connectivity index (χ1v) is 17.8. The lowest BCUT2D eigenvalue weighted by Gasteiger charge is -2.35. The normalized spacial score (nSPS) is 20.0. The van der Waals surface area contributed by atoms with E-state index in [2.05, 4.69) is 15.2 Å². The Morgan fingerprint density at radius 3 is 2.49 bits per heavy atom. The number of hydrogen-bond donors (Lipinski definition) is 3. The molecule has 0 aliphatic carbocycles. The van der Waals surface area contributed by atoms with E-state index in [9.17, 15) is 27.5 Å². The number of fused-ring (bicyclic) bond motifs is 1. The number of sulfonamides is 1. The van der Waals surface area contributed by atoms with E-state index in [1.807, 2.05) is 13.8 Å². The van der Waals surface area contributed by atoms with Crippen LogP contribution in [0.3, 0.4) is 0 Å². The maximum Gasteiger partial charge on any atom is 0.321 e. The summed E-state index contributed by atoms with van der Waals surface area (Å²) in [4.78, 5) is 30.3. The van der Waals surface area contributed by atoms with Crippen LogP contribution in [0.5, 0.6) is 5.75 Å². The first-order valence-electron chi connectivity index (χ1n) is 16.3. The van der Waals surface area contributed by atoms with Gasteiger partial charge in [0.1, 0.15) is 17.3 Å². The zero-order valence-corrected chi connectivity index (χ0v) is 29.5. The summed E-state index contributed by atoms with van der Waals surface area (Å²) < 4.78 is 60.1. The fraction of sp³-hybridized carbons (Fsp3) is 0.500. The lowest BCUT2D eigenvalue weighted by molar-refractivity contribution is -0.0115. The number of hydrogen-bond acceptors (Lipinski definition) is 9. The molecule has 0 saturated carbocycles. The van der Waals surface area contributed by atoms with Gasteiger partial charge in [-0.3, -0.25) is 9.52 Å². The number of carbonyl (C=O) groups is 2. The maximum atomic E-state index is 14.4. The average Bonchev–Trinajstić information content (AvgIpc) is 3.41. The molecule has 0 unspecified atom stereocenters. The molecule has 1 aliphatic rings. The van der Waals surface area contributed by atoms with Gasteiger partial charge in [0.05, 0.1) is 30.4 Å². The minimum atomic E-state index is -4.11. The molecular weight excluding hydrogens is 657 g/mol. The van der Waals surface area contributed by atoms with Crippen LogP contribution in [0.2, 0.25) is 0 Å². The Labute approximate surface area is 286 Å². The van der Waals surface area contributed by atoms with Crippen molar-refractivity contribution in [1.29, 1.82) is 0 Å². The third-order valence-electron chi connectivity index (χ3n) is 8.44. The number of aliphatic hydroxyl groups is 1. The van der Waals surface area contributed by atoms with Crippen LogP contribution in [-0.2, 0) is 14.8 Å². The third kappa shape index (κ3) is 9.70. The smallest absolute Gasteiger partial charge is 0.321 e. The number of halogens is 1. The first-order chi connectivity index (χ1) is 23.2. The van der Waals surface area contributed by atoms with Crippen molar-refractivity contribution in [3.63, 3.8) is 0 Å². The predicted octanol–water partition coefficient (Wildman–Crippen LogP) is 5.19. The Hall–Kier alpha value is -4.21. The van der Waals surface area contributed by atoms with Crippen LogP contribution in [0.15, 0.2) is 51.9 Å². The molecule has 2 aromatic carbocycles. The number of ether oxygens (including phenoxy) is 2. The minimum absolute atomic E-state index is 0.0875. The van der Waals surface area contributed by atoms with Crippen LogP contribution >= 0.6 is 0 Å². The van der Waals surface area contributed by atoms with Gasteiger partial charge in [-0.15, -0.1) is 0 Å². The largest absolute Gasteiger partial charge is 0.490 e. The molecule has 0 radical (unpaired) electrons. The zero-order valence-electron chi connectivity index (χ0n) is 28.7. The highest BCUT2D eigenvalue weighted by molar-refractivity contribution is 7.92. The molecule has 3 amide bonds. The van der Waals surface area contributed by atoms with Crippen LogP contribution in [0.1, 0.15) is 61.8 Å². The Morgan fingerprint density at radius 2 is 1.84 bits per heavy atom. The van der Waals surface area contributed by atoms with Crippen LogP contribution in [0.4, 0.5) is 20.6 Å². The molecule has 268 valence electrons. The number of nitrogens with zero attached hydrogens (tertiary/aromatic N) is 3. The van der Waals surface area contributed by atoms with E-state index in [1.165, 1.54) is 60.0 Å². The van der Waals surface area contributed by atoms with E-state index in [4.69, 9.17) is 14.0 Å². The molecule has 3 aromatic rings. The molecule has 0 spiro atoms. The van der Waals surface area contributed by atoms with E-state index < -0.39 is 39.9 Å². The standard InChI is InChI=1S/C34H46FN5O8S/c1-21-18-40(22(2)20-41)33(42)29-17-28(38-49(44,45)32-24(4)37-48-25(32)5)14-15-30(29)47-23(3)9-7-8-16-46-31(21)19-39(6)34(43)36-27-12-10-26(35)11-13-27/h10-15,17,21-23,31,38,41H,7-9,16,18-20H2,1-6H3,(H,36,43)/t21-,22-,23-,31+/m0/s1. The first kappa shape index (κ1) is 37.6. The fourth-order valence-electron chi connectivity index (χ4n) is 5.62. The number of aliphatic hydroxyl groups excluding tert-OH is 1. The summed E-state index contributed by atoms with van der Waals surface area (Å²) in [5.41, 5.74) is 0.881. The number of amides is 3. The van der Waals surface area contributed by atoms with Gasteiger partial charge in [-0.2, -0.15) is 0 Å². The van der Waals surface area contributed by atoms with Crippen LogP contribution < -0.4 is 14.8 Å². The number of aromatic nitrogens is 1. The van der Waals surface area contributed by atoms with Gasteiger partial charge in [0.25, 0.3) is 15.9 Å². The van der Waals surface area contributed by atoms with Crippen molar-refractivity contribution < 1.29 is 41.5 Å². The molecule has 2 heterocycles. The summed E-state index contributed by atoms with van der Waals surface area (Å²) in [6.07, 6.45) is 1.39. The molecule has 0 bridgehead atoms. The molecular formula is C34H46FN5O8S. The Bertz CT molecular complexity index is 1680. The van der Waals surface area contributed by atoms with Crippen LogP contribution in [0, 0.1) is 25.6 Å². The van der Waals surface area contributed by atoms with Crippen molar-refractivity contribution >= 4 is 33.3 Å². The third-order valence-corrected chi connectivity index (χ3v) is 10.1. The molecule has 49 heavy (non-hydrogen) atoms. The molecule has 1 aromatic heterocycles. The highest BCUT2D eigenvalue weighted by Gasteiger charge is 2.32. The monoisotopic (exact) mass is 703 g/mol. The van der Waals surface area contributed by atoms with Crippen LogP contribution in [0.25, 0.3) is 0 Å². The minimum Gasteiger partial charge on any atom is -0.490 e. The molecule has 4 rings (SSSR count). The number of carbonyl (C=O) groups excluding carboxylic acids is 2. The van der Waals surface area contributed by atoms with Gasteiger partial charge in [-0.25, -0.2) is 17.6 Å². The quantitative estimate of drug-likeness (QED) is 0.287. The number of likely N-dealkylation sites (N-methyl/N-ethyl adjacent to an activating group) is 1. The van der Waals surface area contributed by atoms with Gasteiger partial charge >= 0.3 is 6.03 Å². The predicted molar refractivity (Wildman–Crippen MR) is 182 cm³/mol. The Balaban J connectivity index is 1.63. The van der Waals surface area contributed by atoms with E-state index in [1.54, 1.807) is 20.0 Å². The molecule has 13 nitrogen and oxygen atoms in total. The van der Waals surface area contributed by atoms with Gasteiger partial charge in [-0.05, 0) is 89.4 Å². The average molecular weight is 704 g/mol. The number of nitrogens with one attached hydrogen (secondary N) is 2. The van der Waals surface area contributed by atoms with E-state index in [0.717, 1.165) is 12.8 Å². The lowest BCUT2D eigenvalue weighted by Crippen LogP contribution is -2.48. The Morgan fingerprint density at radius 1 is 1.14 bits per heavy atom. The van der Waals surface area contributed by atoms with Crippen molar-refractivity contribution in [3.8, 4) is 5.75 Å². The van der Waals surface area contributed by atoms with E-state index in [0.29, 0.717) is 18.7 Å². The molecule has 0 saturated heterocycles. The number of benzene rings is 2. The number of rotatable bonds is 8. The summed E-state index contributed by atoms with van der Waals surface area (Å²) in [6, 6.07) is 8.92. The number of urea groups is 1. The number of anilines is 2. The second kappa shape index (κ2) is 16.5. The van der Waals surface area contributed by atoms with E-state index in [-0.39, 0.29) is 65.1 Å². The SMILES string of the molecule is Cc1noc(C)c1S(=O)(=O)Nc1ccc2c(c1)C(=O)N([C@@H](C)CO)C[C@H](C)[C@@H](CN(C)C(=O)Nc1ccc(F)cc1)OCCCC[C@H](C)O2. The van der Waals surface area contributed by atoms with Crippen molar-refractivity contribution in [2.45, 2.75) is 77.0 Å². The molecule has 15 heteroatoms. The summed E-state index contributed by atoms with van der Waals surface area (Å²) in [5.74, 6) is -0.798. The highest BCUT2D eigenvalue weighted by Crippen LogP contribution is 2.30. The van der Waals surface area contributed by atoms with Gasteiger partial charge in [-0.1, -0.05) is 12.1 Å². The highest BCUT2D eigenvalue weighted by atomic mass is 32.2. The van der Waals surface area contributed by atoms with Gasteiger partial charge in [0.2, 0.25) is 0 Å². The van der Waals surface area contributed by atoms with Gasteiger partial charge in [0, 0.05) is 44.0 Å². The van der Waals surface area contributed by atoms with Crippen LogP contribution in [-0.4, -0.2) is 92.0 Å². The summed E-state index contributed by atoms with van der Waals surface area (Å²) in [5, 5.41) is 16.7. The summed E-state index contributed by atoms with van der Waals surface area (Å²) in [7, 11) is -2.48. The van der Waals surface area contributed by atoms with Gasteiger partial charge in [0.15, 0.2) is 10.7 Å². The fourth-order valence-corrected chi connectivity index (χ4v) is 7.00. The molecule has 4 atom stereocenters. The summed E-state index contributed by atoms with van der Waals surface area (Å²) >= 11 is 0. The molecule has 3 N–H and O–H groups in total. The van der Waals surface area contributed by atoms with Crippen molar-refractivity contribution in [3.05, 3.63) is 65.3 Å². The molecule has 1 aliphatic heterocycles. The number of aryl methyl sites for hydroxylation is 2. The van der Waals surface area contributed by atoms with Crippen molar-refractivity contribution in [1.82, 2.24) is 15.0 Å². The zero-order chi connectivity index (χ0) is 35.9. The second-order valence-corrected chi connectivity index (χ2v) is 14.2. The van der Waals surface area contributed by atoms with Gasteiger partial charge < -0.3 is 34.2 Å². The Kier molecular flexibility index (Phi) is 12.6. The summed E-state index contributed by atoms with van der Waals surface area (Å²) in [6.45, 7) is 8.94. The lowest BCUT2D eigenvalue weighted by atomic mass is 10.0.